The van der Waals surface area contributed by atoms with Crippen LogP contribution in [0.1, 0.15) is 44.7 Å². The van der Waals surface area contributed by atoms with E-state index in [0.29, 0.717) is 18.4 Å². The summed E-state index contributed by atoms with van der Waals surface area (Å²) < 4.78 is 5.54. The molecule has 0 aromatic heterocycles. The second-order valence-electron chi connectivity index (χ2n) is 7.86. The summed E-state index contributed by atoms with van der Waals surface area (Å²) in [4.78, 5) is 36.3. The molecule has 1 amide bonds. The molecule has 1 saturated carbocycles. The van der Waals surface area contributed by atoms with Crippen molar-refractivity contribution in [1.29, 1.82) is 0 Å². The summed E-state index contributed by atoms with van der Waals surface area (Å²) in [5.41, 5.74) is -1.40. The summed E-state index contributed by atoms with van der Waals surface area (Å²) in [5.74, 6) is -0.879. The van der Waals surface area contributed by atoms with Gasteiger partial charge in [-0.3, -0.25) is 19.7 Å². The lowest BCUT2D eigenvalue weighted by Crippen LogP contribution is -2.50. The third-order valence-corrected chi connectivity index (χ3v) is 6.34. The van der Waals surface area contributed by atoms with Gasteiger partial charge in [0.25, 0.3) is 11.6 Å². The number of esters is 1. The minimum atomic E-state index is -1.30. The van der Waals surface area contributed by atoms with Crippen LogP contribution in [0.25, 0.3) is 0 Å². The molecule has 134 valence electrons. The minimum absolute atomic E-state index is 0.155. The number of fused-ring (bicyclic) bond motifs is 2. The molecule has 1 aromatic rings. The first kappa shape index (κ1) is 17.4. The number of benzene rings is 1. The van der Waals surface area contributed by atoms with Gasteiger partial charge >= 0.3 is 5.97 Å². The Bertz CT molecular complexity index is 816. The van der Waals surface area contributed by atoms with Crippen molar-refractivity contribution in [1.82, 2.24) is 0 Å². The molecule has 2 bridgehead atoms. The van der Waals surface area contributed by atoms with Crippen molar-refractivity contribution in [2.75, 3.05) is 5.32 Å². The van der Waals surface area contributed by atoms with Crippen molar-refractivity contribution < 1.29 is 19.2 Å². The number of anilines is 1. The van der Waals surface area contributed by atoms with E-state index >= 15 is 0 Å². The Morgan fingerprint density at radius 2 is 1.88 bits per heavy atom. The Labute approximate surface area is 145 Å². The van der Waals surface area contributed by atoms with Gasteiger partial charge in [-0.05, 0) is 44.7 Å². The van der Waals surface area contributed by atoms with Crippen molar-refractivity contribution in [3.63, 3.8) is 0 Å². The number of nitro benzene ring substituents is 1. The van der Waals surface area contributed by atoms with Gasteiger partial charge < -0.3 is 10.1 Å². The lowest BCUT2D eigenvalue weighted by atomic mass is 9.66. The van der Waals surface area contributed by atoms with Crippen molar-refractivity contribution in [2.24, 2.45) is 10.8 Å². The fraction of sp³-hybridized carbons (Fsp3) is 0.556. The number of carbonyl (C=O) groups excluding carboxylic acids is 2. The third-order valence-electron chi connectivity index (χ3n) is 6.34. The molecule has 0 unspecified atom stereocenters. The van der Waals surface area contributed by atoms with E-state index in [2.05, 4.69) is 5.32 Å². The van der Waals surface area contributed by atoms with Gasteiger partial charge in [0.2, 0.25) is 0 Å². The molecule has 1 heterocycles. The van der Waals surface area contributed by atoms with Crippen molar-refractivity contribution in [2.45, 2.75) is 53.1 Å². The number of nitrogens with one attached hydrogen (secondary N) is 1. The highest BCUT2D eigenvalue weighted by Crippen LogP contribution is 2.65. The lowest BCUT2D eigenvalue weighted by molar-refractivity contribution is -0.384. The molecule has 25 heavy (non-hydrogen) atoms. The Kier molecular flexibility index (Phi) is 3.50. The second-order valence-corrected chi connectivity index (χ2v) is 7.86. The van der Waals surface area contributed by atoms with Crippen molar-refractivity contribution in [3.8, 4) is 0 Å². The molecule has 0 radical (unpaired) electrons. The smallest absolute Gasteiger partial charge is 0.313 e. The van der Waals surface area contributed by atoms with Crippen LogP contribution in [0.15, 0.2) is 12.1 Å². The number of rotatable bonds is 3. The van der Waals surface area contributed by atoms with Crippen LogP contribution in [0.5, 0.6) is 0 Å². The monoisotopic (exact) mass is 346 g/mol. The zero-order valence-corrected chi connectivity index (χ0v) is 15.1. The Hall–Kier alpha value is -2.44. The number of aryl methyl sites for hydroxylation is 2. The molecule has 1 aromatic carbocycles. The van der Waals surface area contributed by atoms with Gasteiger partial charge in [0, 0.05) is 11.5 Å². The quantitative estimate of drug-likeness (QED) is 0.514. The molecule has 0 spiro atoms. The SMILES string of the molecule is Cc1cc(C)c(NC(=O)[C@]23CC[C@@](C)(C(=O)O2)C3(C)C)c([N+](=O)[O-])c1. The first-order valence-electron chi connectivity index (χ1n) is 8.27. The Morgan fingerprint density at radius 3 is 2.36 bits per heavy atom. The highest BCUT2D eigenvalue weighted by atomic mass is 16.6. The summed E-state index contributed by atoms with van der Waals surface area (Å²) in [5, 5.41) is 14.1. The van der Waals surface area contributed by atoms with Gasteiger partial charge in [0.1, 0.15) is 5.69 Å². The van der Waals surface area contributed by atoms with Crippen LogP contribution in [0.2, 0.25) is 0 Å². The normalized spacial score (nSPS) is 29.4. The topological polar surface area (TPSA) is 98.5 Å². The van der Waals surface area contributed by atoms with Gasteiger partial charge in [0.15, 0.2) is 5.60 Å². The van der Waals surface area contributed by atoms with E-state index in [0.717, 1.165) is 5.56 Å². The molecule has 1 N–H and O–H groups in total. The fourth-order valence-corrected chi connectivity index (χ4v) is 4.21. The van der Waals surface area contributed by atoms with Gasteiger partial charge in [0.05, 0.1) is 10.3 Å². The molecule has 2 aliphatic rings. The van der Waals surface area contributed by atoms with Gasteiger partial charge in [-0.1, -0.05) is 19.9 Å². The number of carbonyl (C=O) groups is 2. The number of hydrogen-bond donors (Lipinski definition) is 1. The van der Waals surface area contributed by atoms with Gasteiger partial charge in [-0.25, -0.2) is 0 Å². The van der Waals surface area contributed by atoms with Crippen LogP contribution in [0.4, 0.5) is 11.4 Å². The Balaban J connectivity index is 2.03. The molecule has 1 saturated heterocycles. The predicted molar refractivity (Wildman–Crippen MR) is 91.1 cm³/mol. The standard InChI is InChI=1S/C18H22N2O5/c1-10-8-11(2)13(12(9-10)20(23)24)19-14(21)18-7-6-17(5,15(22)25-18)16(18,3)4/h8-9H,6-7H2,1-5H3,(H,19,21)/t17-,18-/m0/s1. The van der Waals surface area contributed by atoms with Crippen LogP contribution in [0, 0.1) is 34.8 Å². The summed E-state index contributed by atoms with van der Waals surface area (Å²) in [7, 11) is 0. The number of nitro groups is 1. The third kappa shape index (κ3) is 2.04. The van der Waals surface area contributed by atoms with E-state index in [1.807, 2.05) is 20.8 Å². The Morgan fingerprint density at radius 1 is 1.24 bits per heavy atom. The van der Waals surface area contributed by atoms with Crippen LogP contribution in [-0.2, 0) is 14.3 Å². The molecule has 1 aliphatic heterocycles. The predicted octanol–water partition coefficient (Wildman–Crippen LogP) is 3.27. The van der Waals surface area contributed by atoms with E-state index in [-0.39, 0.29) is 17.3 Å². The van der Waals surface area contributed by atoms with Crippen LogP contribution >= 0.6 is 0 Å². The highest BCUT2D eigenvalue weighted by Gasteiger charge is 2.75. The molecule has 1 aliphatic carbocycles. The maximum Gasteiger partial charge on any atom is 0.313 e. The van der Waals surface area contributed by atoms with E-state index in [9.17, 15) is 19.7 Å². The first-order valence-corrected chi connectivity index (χ1v) is 8.27. The van der Waals surface area contributed by atoms with E-state index < -0.39 is 27.3 Å². The van der Waals surface area contributed by atoms with Crippen LogP contribution in [0.3, 0.4) is 0 Å². The molecule has 7 nitrogen and oxygen atoms in total. The lowest BCUT2D eigenvalue weighted by Gasteiger charge is -2.35. The maximum atomic E-state index is 13.1. The highest BCUT2D eigenvalue weighted by molar-refractivity contribution is 6.04. The summed E-state index contributed by atoms with van der Waals surface area (Å²) in [6.07, 6.45) is 0.966. The largest absolute Gasteiger partial charge is 0.448 e. The van der Waals surface area contributed by atoms with Crippen molar-refractivity contribution in [3.05, 3.63) is 33.4 Å². The number of ether oxygens (including phenoxy) is 1. The second kappa shape index (κ2) is 5.03. The number of nitrogens with zero attached hydrogens (tertiary/aromatic N) is 1. The van der Waals surface area contributed by atoms with Gasteiger partial charge in [-0.2, -0.15) is 0 Å². The summed E-state index contributed by atoms with van der Waals surface area (Å²) >= 11 is 0. The molecule has 3 rings (SSSR count). The first-order chi connectivity index (χ1) is 11.5. The summed E-state index contributed by atoms with van der Waals surface area (Å²) in [6, 6.07) is 3.19. The van der Waals surface area contributed by atoms with E-state index in [1.54, 1.807) is 19.9 Å². The number of hydrogen-bond acceptors (Lipinski definition) is 5. The van der Waals surface area contributed by atoms with Gasteiger partial charge in [-0.15, -0.1) is 0 Å². The minimum Gasteiger partial charge on any atom is -0.448 e. The van der Waals surface area contributed by atoms with E-state index in [4.69, 9.17) is 4.74 Å². The molecular formula is C18H22N2O5. The molecule has 2 fully saturated rings. The average molecular weight is 346 g/mol. The van der Waals surface area contributed by atoms with Crippen LogP contribution < -0.4 is 5.32 Å². The van der Waals surface area contributed by atoms with E-state index in [1.165, 1.54) is 6.07 Å². The maximum absolute atomic E-state index is 13.1. The molecule has 7 heteroatoms. The summed E-state index contributed by atoms with van der Waals surface area (Å²) in [6.45, 7) is 8.98. The fourth-order valence-electron chi connectivity index (χ4n) is 4.21. The molecule has 2 atom stereocenters. The van der Waals surface area contributed by atoms with Crippen molar-refractivity contribution >= 4 is 23.3 Å². The average Bonchev–Trinajstić information content (AvgIpc) is 2.79. The number of amides is 1. The molecular weight excluding hydrogens is 324 g/mol. The zero-order valence-electron chi connectivity index (χ0n) is 15.1. The van der Waals surface area contributed by atoms with Crippen LogP contribution in [-0.4, -0.2) is 22.4 Å². The zero-order chi connectivity index (χ0) is 18.8.